The minimum Gasteiger partial charge on any atom is -0.456 e. The summed E-state index contributed by atoms with van der Waals surface area (Å²) in [6, 6.07) is 13.1. The van der Waals surface area contributed by atoms with E-state index in [-0.39, 0.29) is 5.54 Å². The summed E-state index contributed by atoms with van der Waals surface area (Å²) in [5.41, 5.74) is 1.30. The molecule has 2 aromatic rings. The van der Waals surface area contributed by atoms with Crippen molar-refractivity contribution in [3.8, 4) is 11.5 Å². The number of halogens is 2. The molecule has 112 valence electrons. The Morgan fingerprint density at radius 2 is 1.67 bits per heavy atom. The average molecular weight is 324 g/mol. The number of benzene rings is 2. The second kappa shape index (κ2) is 6.69. The summed E-state index contributed by atoms with van der Waals surface area (Å²) in [4.78, 5) is 0. The Bertz CT molecular complexity index is 603. The lowest BCUT2D eigenvalue weighted by atomic mass is 10.1. The van der Waals surface area contributed by atoms with Gasteiger partial charge in [-0.1, -0.05) is 35.3 Å². The third kappa shape index (κ3) is 5.24. The average Bonchev–Trinajstić information content (AvgIpc) is 2.41. The maximum absolute atomic E-state index is 6.08. The van der Waals surface area contributed by atoms with Crippen LogP contribution < -0.4 is 10.1 Å². The van der Waals surface area contributed by atoms with E-state index in [1.165, 1.54) is 5.56 Å². The molecule has 0 saturated carbocycles. The second-order valence-corrected chi connectivity index (χ2v) is 6.77. The lowest BCUT2D eigenvalue weighted by molar-refractivity contribution is 0.424. The second-order valence-electron chi connectivity index (χ2n) is 5.92. The Kier molecular flexibility index (Phi) is 5.15. The van der Waals surface area contributed by atoms with Crippen LogP contribution in [0.5, 0.6) is 11.5 Å². The van der Waals surface area contributed by atoms with E-state index in [9.17, 15) is 0 Å². The molecule has 21 heavy (non-hydrogen) atoms. The highest BCUT2D eigenvalue weighted by atomic mass is 35.5. The Balaban J connectivity index is 2.04. The molecule has 0 atom stereocenters. The highest BCUT2D eigenvalue weighted by molar-refractivity contribution is 6.34. The molecule has 0 fully saturated rings. The molecule has 2 aromatic carbocycles. The summed E-state index contributed by atoms with van der Waals surface area (Å²) in [5, 5.41) is 4.58. The molecule has 2 rings (SSSR count). The summed E-state index contributed by atoms with van der Waals surface area (Å²) in [6.45, 7) is 7.25. The van der Waals surface area contributed by atoms with Crippen LogP contribution in [0.2, 0.25) is 10.0 Å². The van der Waals surface area contributed by atoms with Gasteiger partial charge in [-0.3, -0.25) is 0 Å². The summed E-state index contributed by atoms with van der Waals surface area (Å²) < 4.78 is 5.75. The van der Waals surface area contributed by atoms with Crippen molar-refractivity contribution < 1.29 is 4.74 Å². The molecule has 0 aromatic heterocycles. The zero-order valence-electron chi connectivity index (χ0n) is 12.4. The maximum Gasteiger partial charge on any atom is 0.147 e. The van der Waals surface area contributed by atoms with Crippen molar-refractivity contribution in [3.63, 3.8) is 0 Å². The van der Waals surface area contributed by atoms with E-state index in [4.69, 9.17) is 27.9 Å². The van der Waals surface area contributed by atoms with Gasteiger partial charge in [-0.05, 0) is 50.6 Å². The maximum atomic E-state index is 6.08. The molecular weight excluding hydrogens is 305 g/mol. The highest BCUT2D eigenvalue weighted by Gasteiger charge is 2.08. The molecular formula is C17H19Cl2NO. The zero-order chi connectivity index (χ0) is 15.5. The Morgan fingerprint density at radius 1 is 1.00 bits per heavy atom. The fraction of sp³-hybridized carbons (Fsp3) is 0.294. The van der Waals surface area contributed by atoms with Crippen molar-refractivity contribution in [1.29, 1.82) is 0 Å². The standard InChI is InChI=1S/C17H19Cl2NO/c1-17(2,3)20-11-12-4-7-14(8-5-12)21-16-10-13(18)6-9-15(16)19/h4-10,20H,11H2,1-3H3. The van der Waals surface area contributed by atoms with Crippen LogP contribution >= 0.6 is 23.2 Å². The normalized spacial score (nSPS) is 11.5. The number of nitrogens with one attached hydrogen (secondary N) is 1. The van der Waals surface area contributed by atoms with Crippen LogP contribution in [0.4, 0.5) is 0 Å². The van der Waals surface area contributed by atoms with Crippen molar-refractivity contribution in [3.05, 3.63) is 58.1 Å². The molecule has 0 unspecified atom stereocenters. The molecule has 0 saturated heterocycles. The van der Waals surface area contributed by atoms with Crippen molar-refractivity contribution in [2.75, 3.05) is 0 Å². The largest absolute Gasteiger partial charge is 0.456 e. The van der Waals surface area contributed by atoms with E-state index in [1.54, 1.807) is 18.2 Å². The van der Waals surface area contributed by atoms with Crippen molar-refractivity contribution in [1.82, 2.24) is 5.32 Å². The van der Waals surface area contributed by atoms with E-state index in [2.05, 4.69) is 26.1 Å². The molecule has 0 heterocycles. The summed E-state index contributed by atoms with van der Waals surface area (Å²) in [6.07, 6.45) is 0. The molecule has 4 heteroatoms. The van der Waals surface area contributed by atoms with E-state index in [0.717, 1.165) is 12.3 Å². The summed E-state index contributed by atoms with van der Waals surface area (Å²) in [5.74, 6) is 1.29. The first-order chi connectivity index (χ1) is 9.83. The molecule has 0 radical (unpaired) electrons. The number of hydrogen-bond donors (Lipinski definition) is 1. The van der Waals surface area contributed by atoms with Crippen LogP contribution in [0.3, 0.4) is 0 Å². The van der Waals surface area contributed by atoms with Gasteiger partial charge in [-0.25, -0.2) is 0 Å². The van der Waals surface area contributed by atoms with Crippen LogP contribution in [-0.4, -0.2) is 5.54 Å². The topological polar surface area (TPSA) is 21.3 Å². The molecule has 0 aliphatic carbocycles. The van der Waals surface area contributed by atoms with Gasteiger partial charge in [0.15, 0.2) is 0 Å². The van der Waals surface area contributed by atoms with Gasteiger partial charge in [0.05, 0.1) is 5.02 Å². The van der Waals surface area contributed by atoms with Gasteiger partial charge in [0, 0.05) is 23.2 Å². The van der Waals surface area contributed by atoms with Crippen molar-refractivity contribution >= 4 is 23.2 Å². The van der Waals surface area contributed by atoms with Crippen LogP contribution in [0, 0.1) is 0 Å². The minimum absolute atomic E-state index is 0.101. The van der Waals surface area contributed by atoms with Gasteiger partial charge >= 0.3 is 0 Å². The lowest BCUT2D eigenvalue weighted by Crippen LogP contribution is -2.34. The smallest absolute Gasteiger partial charge is 0.147 e. The fourth-order valence-corrected chi connectivity index (χ4v) is 2.04. The predicted molar refractivity (Wildman–Crippen MR) is 89.6 cm³/mol. The van der Waals surface area contributed by atoms with Gasteiger partial charge in [0.2, 0.25) is 0 Å². The first-order valence-corrected chi connectivity index (χ1v) is 7.56. The quantitative estimate of drug-likeness (QED) is 0.782. The van der Waals surface area contributed by atoms with Crippen LogP contribution in [0.15, 0.2) is 42.5 Å². The summed E-state index contributed by atoms with van der Waals surface area (Å²) >= 11 is 12.0. The third-order valence-corrected chi connectivity index (χ3v) is 3.41. The number of rotatable bonds is 4. The first-order valence-electron chi connectivity index (χ1n) is 6.80. The van der Waals surface area contributed by atoms with E-state index >= 15 is 0 Å². The summed E-state index contributed by atoms with van der Waals surface area (Å²) in [7, 11) is 0. The molecule has 1 N–H and O–H groups in total. The SMILES string of the molecule is CC(C)(C)NCc1ccc(Oc2cc(Cl)ccc2Cl)cc1. The number of ether oxygens (including phenoxy) is 1. The van der Waals surface area contributed by atoms with E-state index in [0.29, 0.717) is 15.8 Å². The van der Waals surface area contributed by atoms with Gasteiger partial charge < -0.3 is 10.1 Å². The van der Waals surface area contributed by atoms with Gasteiger partial charge in [-0.2, -0.15) is 0 Å². The van der Waals surface area contributed by atoms with E-state index in [1.807, 2.05) is 24.3 Å². The molecule has 0 amide bonds. The van der Waals surface area contributed by atoms with Crippen molar-refractivity contribution in [2.24, 2.45) is 0 Å². The Hall–Kier alpha value is -1.22. The monoisotopic (exact) mass is 323 g/mol. The molecule has 0 aliphatic rings. The molecule has 0 aliphatic heterocycles. The Labute approximate surface area is 136 Å². The Morgan fingerprint density at radius 3 is 2.29 bits per heavy atom. The molecule has 0 spiro atoms. The van der Waals surface area contributed by atoms with Gasteiger partial charge in [-0.15, -0.1) is 0 Å². The number of hydrogen-bond acceptors (Lipinski definition) is 2. The molecule has 0 bridgehead atoms. The van der Waals surface area contributed by atoms with Crippen LogP contribution in [0.1, 0.15) is 26.3 Å². The van der Waals surface area contributed by atoms with E-state index < -0.39 is 0 Å². The van der Waals surface area contributed by atoms with Crippen molar-refractivity contribution in [2.45, 2.75) is 32.9 Å². The fourth-order valence-electron chi connectivity index (χ4n) is 1.72. The predicted octanol–water partition coefficient (Wildman–Crippen LogP) is 5.67. The van der Waals surface area contributed by atoms with Gasteiger partial charge in [0.1, 0.15) is 11.5 Å². The minimum atomic E-state index is 0.101. The third-order valence-electron chi connectivity index (χ3n) is 2.87. The zero-order valence-corrected chi connectivity index (χ0v) is 13.9. The van der Waals surface area contributed by atoms with Crippen LogP contribution in [0.25, 0.3) is 0 Å². The molecule has 2 nitrogen and oxygen atoms in total. The highest BCUT2D eigenvalue weighted by Crippen LogP contribution is 2.31. The van der Waals surface area contributed by atoms with Gasteiger partial charge in [0.25, 0.3) is 0 Å². The van der Waals surface area contributed by atoms with Crippen LogP contribution in [-0.2, 0) is 6.54 Å². The first kappa shape index (κ1) is 16.2. The lowest BCUT2D eigenvalue weighted by Gasteiger charge is -2.20.